The fraction of sp³-hybridized carbons (Fsp3) is 0.364. The lowest BCUT2D eigenvalue weighted by Crippen LogP contribution is -2.11. The maximum absolute atomic E-state index is 10.5. The van der Waals surface area contributed by atoms with Gasteiger partial charge in [0.05, 0.1) is 5.69 Å². The number of unbranched alkanes of at least 4 members (excludes halogenated alkanes) is 1. The van der Waals surface area contributed by atoms with Crippen molar-refractivity contribution in [2.45, 2.75) is 19.3 Å². The summed E-state index contributed by atoms with van der Waals surface area (Å²) in [5.74, 6) is -0.279. The Morgan fingerprint density at radius 1 is 1.56 bits per heavy atom. The lowest BCUT2D eigenvalue weighted by atomic mass is 10.2. The van der Waals surface area contributed by atoms with Gasteiger partial charge in [-0.25, -0.2) is 4.98 Å². The Balaban J connectivity index is 2.32. The number of hydrogen-bond acceptors (Lipinski definition) is 4. The Morgan fingerprint density at radius 3 is 3.06 bits per heavy atom. The maximum Gasteiger partial charge on any atom is 0.217 e. The van der Waals surface area contributed by atoms with Gasteiger partial charge in [-0.2, -0.15) is 5.26 Å². The number of nitrogens with two attached hydrogens (primary N) is 1. The fourth-order valence-electron chi connectivity index (χ4n) is 1.28. The molecular formula is C11H14N4O. The normalized spacial score (nSPS) is 9.44. The second-order valence-electron chi connectivity index (χ2n) is 3.36. The number of nitrogens with zero attached hydrogens (tertiary/aromatic N) is 2. The molecule has 0 unspecified atom stereocenters. The van der Waals surface area contributed by atoms with Crippen molar-refractivity contribution in [1.82, 2.24) is 4.98 Å². The summed E-state index contributed by atoms with van der Waals surface area (Å²) in [6.07, 6.45) is 3.57. The van der Waals surface area contributed by atoms with Crippen LogP contribution >= 0.6 is 0 Å². The average molecular weight is 218 g/mol. The van der Waals surface area contributed by atoms with E-state index < -0.39 is 0 Å². The second-order valence-corrected chi connectivity index (χ2v) is 3.36. The summed E-state index contributed by atoms with van der Waals surface area (Å²) in [4.78, 5) is 14.4. The van der Waals surface area contributed by atoms with Gasteiger partial charge in [-0.05, 0) is 25.0 Å². The number of carbonyl (C=O) groups excluding carboxylic acids is 1. The van der Waals surface area contributed by atoms with Crippen molar-refractivity contribution >= 4 is 11.6 Å². The number of amides is 1. The van der Waals surface area contributed by atoms with Crippen molar-refractivity contribution in [2.75, 3.05) is 11.9 Å². The number of nitrogens with one attached hydrogen (secondary N) is 1. The van der Waals surface area contributed by atoms with Crippen molar-refractivity contribution in [3.05, 3.63) is 24.0 Å². The summed E-state index contributed by atoms with van der Waals surface area (Å²) in [7, 11) is 0. The molecule has 0 aromatic carbocycles. The first-order valence-corrected chi connectivity index (χ1v) is 5.11. The van der Waals surface area contributed by atoms with Gasteiger partial charge < -0.3 is 11.1 Å². The monoisotopic (exact) mass is 218 g/mol. The van der Waals surface area contributed by atoms with Crippen LogP contribution in [0, 0.1) is 11.3 Å². The quantitative estimate of drug-likeness (QED) is 0.697. The minimum atomic E-state index is -0.279. The van der Waals surface area contributed by atoms with Crippen LogP contribution < -0.4 is 11.1 Å². The molecule has 0 atom stereocenters. The van der Waals surface area contributed by atoms with Gasteiger partial charge in [0.1, 0.15) is 6.07 Å². The zero-order valence-electron chi connectivity index (χ0n) is 8.94. The number of primary amides is 1. The van der Waals surface area contributed by atoms with Crippen molar-refractivity contribution < 1.29 is 4.79 Å². The summed E-state index contributed by atoms with van der Waals surface area (Å²) in [5, 5.41) is 11.9. The maximum atomic E-state index is 10.5. The van der Waals surface area contributed by atoms with E-state index in [2.05, 4.69) is 10.3 Å². The van der Waals surface area contributed by atoms with E-state index in [9.17, 15) is 4.79 Å². The van der Waals surface area contributed by atoms with Gasteiger partial charge in [-0.15, -0.1) is 0 Å². The fourth-order valence-corrected chi connectivity index (χ4v) is 1.28. The molecule has 0 saturated heterocycles. The van der Waals surface area contributed by atoms with Crippen molar-refractivity contribution in [1.29, 1.82) is 5.26 Å². The number of pyridine rings is 1. The molecule has 1 aromatic heterocycles. The lowest BCUT2D eigenvalue weighted by molar-refractivity contribution is -0.118. The summed E-state index contributed by atoms with van der Waals surface area (Å²) in [5.41, 5.74) is 6.13. The molecule has 1 rings (SSSR count). The highest BCUT2D eigenvalue weighted by atomic mass is 16.1. The van der Waals surface area contributed by atoms with E-state index in [0.717, 1.165) is 18.5 Å². The molecule has 0 aliphatic heterocycles. The molecule has 0 saturated carbocycles. The number of aromatic nitrogens is 1. The summed E-state index contributed by atoms with van der Waals surface area (Å²) in [6.45, 7) is 0.702. The third-order valence-corrected chi connectivity index (χ3v) is 2.08. The van der Waals surface area contributed by atoms with Gasteiger partial charge in [0.25, 0.3) is 0 Å². The molecule has 5 nitrogen and oxygen atoms in total. The van der Waals surface area contributed by atoms with Crippen LogP contribution in [0.2, 0.25) is 0 Å². The molecule has 84 valence electrons. The molecule has 1 heterocycles. The van der Waals surface area contributed by atoms with Gasteiger partial charge in [0, 0.05) is 19.2 Å². The van der Waals surface area contributed by atoms with Crippen LogP contribution in [0.25, 0.3) is 0 Å². The van der Waals surface area contributed by atoms with E-state index >= 15 is 0 Å². The van der Waals surface area contributed by atoms with Crippen molar-refractivity contribution in [3.8, 4) is 6.07 Å². The van der Waals surface area contributed by atoms with Gasteiger partial charge >= 0.3 is 0 Å². The first kappa shape index (κ1) is 12.0. The van der Waals surface area contributed by atoms with Crippen LogP contribution in [-0.4, -0.2) is 17.4 Å². The number of nitriles is 1. The molecule has 0 radical (unpaired) electrons. The van der Waals surface area contributed by atoms with E-state index in [4.69, 9.17) is 11.0 Å². The van der Waals surface area contributed by atoms with Gasteiger partial charge in [0.15, 0.2) is 5.69 Å². The van der Waals surface area contributed by atoms with Crippen molar-refractivity contribution in [2.24, 2.45) is 5.73 Å². The Hall–Kier alpha value is -2.09. The van der Waals surface area contributed by atoms with Gasteiger partial charge in [-0.3, -0.25) is 4.79 Å². The van der Waals surface area contributed by atoms with Crippen LogP contribution in [0.15, 0.2) is 18.3 Å². The highest BCUT2D eigenvalue weighted by Gasteiger charge is 2.00. The average Bonchev–Trinajstić information content (AvgIpc) is 2.29. The summed E-state index contributed by atoms with van der Waals surface area (Å²) < 4.78 is 0. The van der Waals surface area contributed by atoms with E-state index in [0.29, 0.717) is 18.7 Å². The Morgan fingerprint density at radius 2 is 2.38 bits per heavy atom. The first-order chi connectivity index (χ1) is 7.74. The van der Waals surface area contributed by atoms with E-state index in [-0.39, 0.29) is 5.91 Å². The number of hydrogen-bond donors (Lipinski definition) is 2. The number of carbonyl (C=O) groups is 1. The number of anilines is 1. The van der Waals surface area contributed by atoms with E-state index in [1.165, 1.54) is 0 Å². The lowest BCUT2D eigenvalue weighted by Gasteiger charge is -2.06. The minimum absolute atomic E-state index is 0.279. The van der Waals surface area contributed by atoms with Gasteiger partial charge in [-0.1, -0.05) is 0 Å². The Bertz CT molecular complexity index is 397. The topological polar surface area (TPSA) is 91.8 Å². The zero-order chi connectivity index (χ0) is 11.8. The van der Waals surface area contributed by atoms with Crippen LogP contribution in [0.4, 0.5) is 5.69 Å². The molecule has 5 heteroatoms. The van der Waals surface area contributed by atoms with Crippen LogP contribution in [0.5, 0.6) is 0 Å². The predicted octanol–water partition coefficient (Wildman–Crippen LogP) is 1.02. The van der Waals surface area contributed by atoms with Crippen molar-refractivity contribution in [3.63, 3.8) is 0 Å². The molecule has 0 bridgehead atoms. The van der Waals surface area contributed by atoms with Crippen LogP contribution in [-0.2, 0) is 4.79 Å². The zero-order valence-corrected chi connectivity index (χ0v) is 8.94. The third kappa shape index (κ3) is 3.96. The highest BCUT2D eigenvalue weighted by molar-refractivity contribution is 5.73. The number of rotatable bonds is 6. The predicted molar refractivity (Wildman–Crippen MR) is 60.5 cm³/mol. The second kappa shape index (κ2) is 6.40. The molecule has 3 N–H and O–H groups in total. The standard InChI is InChI=1S/C11H14N4O/c12-8-10-9(4-3-7-15-10)14-6-2-1-5-11(13)16/h3-4,7,14H,1-2,5-6H2,(H2,13,16). The van der Waals surface area contributed by atoms with E-state index in [1.807, 2.05) is 6.07 Å². The molecule has 0 spiro atoms. The highest BCUT2D eigenvalue weighted by Crippen LogP contribution is 2.10. The Labute approximate surface area is 94.3 Å². The molecule has 0 aliphatic carbocycles. The molecule has 16 heavy (non-hydrogen) atoms. The third-order valence-electron chi connectivity index (χ3n) is 2.08. The largest absolute Gasteiger partial charge is 0.383 e. The summed E-state index contributed by atoms with van der Waals surface area (Å²) in [6, 6.07) is 5.58. The Kier molecular flexibility index (Phi) is 4.80. The molecule has 1 amide bonds. The van der Waals surface area contributed by atoms with Crippen LogP contribution in [0.3, 0.4) is 0 Å². The first-order valence-electron chi connectivity index (χ1n) is 5.11. The molecule has 0 aliphatic rings. The summed E-state index contributed by atoms with van der Waals surface area (Å²) >= 11 is 0. The SMILES string of the molecule is N#Cc1ncccc1NCCCCC(N)=O. The minimum Gasteiger partial charge on any atom is -0.383 e. The van der Waals surface area contributed by atoms with Gasteiger partial charge in [0.2, 0.25) is 5.91 Å². The smallest absolute Gasteiger partial charge is 0.217 e. The van der Waals surface area contributed by atoms with E-state index in [1.54, 1.807) is 18.3 Å². The molecule has 1 aromatic rings. The van der Waals surface area contributed by atoms with Crippen LogP contribution in [0.1, 0.15) is 25.0 Å². The molecular weight excluding hydrogens is 204 g/mol. The molecule has 0 fully saturated rings.